The summed E-state index contributed by atoms with van der Waals surface area (Å²) < 4.78 is 0. The predicted octanol–water partition coefficient (Wildman–Crippen LogP) is 1.55. The van der Waals surface area contributed by atoms with Crippen LogP contribution < -0.4 is 10.6 Å². The van der Waals surface area contributed by atoms with Crippen molar-refractivity contribution in [2.24, 2.45) is 11.8 Å². The minimum Gasteiger partial charge on any atom is -0.319 e. The monoisotopic (exact) mass is 241 g/mol. The average molecular weight is 241 g/mol. The van der Waals surface area contributed by atoms with Gasteiger partial charge in [-0.05, 0) is 64.8 Å². The zero-order valence-corrected chi connectivity index (χ0v) is 12.1. The third-order valence-corrected chi connectivity index (χ3v) is 3.93. The number of nitrogens with zero attached hydrogens (tertiary/aromatic N) is 1. The van der Waals surface area contributed by atoms with Crippen LogP contribution in [0.15, 0.2) is 0 Å². The van der Waals surface area contributed by atoms with Crippen LogP contribution in [0.5, 0.6) is 0 Å². The molecular weight excluding hydrogens is 210 g/mol. The Balaban J connectivity index is 2.10. The van der Waals surface area contributed by atoms with E-state index in [1.165, 1.54) is 25.9 Å². The Morgan fingerprint density at radius 1 is 1.12 bits per heavy atom. The molecule has 0 amide bonds. The molecule has 3 heteroatoms. The second-order valence-corrected chi connectivity index (χ2v) is 5.89. The molecule has 1 aliphatic heterocycles. The van der Waals surface area contributed by atoms with Gasteiger partial charge >= 0.3 is 0 Å². The molecule has 0 aromatic rings. The molecule has 0 spiro atoms. The summed E-state index contributed by atoms with van der Waals surface area (Å²) in [4.78, 5) is 2.63. The van der Waals surface area contributed by atoms with Gasteiger partial charge in [-0.25, -0.2) is 0 Å². The summed E-state index contributed by atoms with van der Waals surface area (Å²) in [5.41, 5.74) is 0. The standard InChI is InChI=1S/C14H31N3/c1-12-5-7-17(8-6-12)14(3)11-16-10-13(2)9-15-4/h12-16H,5-11H2,1-4H3/t13-,14?/m1/s1. The number of rotatable bonds is 7. The Bertz CT molecular complexity index is 188. The van der Waals surface area contributed by atoms with Crippen molar-refractivity contribution in [2.45, 2.75) is 39.7 Å². The highest BCUT2D eigenvalue weighted by Gasteiger charge is 2.19. The van der Waals surface area contributed by atoms with Gasteiger partial charge in [0.05, 0.1) is 0 Å². The fraction of sp³-hybridized carbons (Fsp3) is 1.00. The molecule has 1 aliphatic rings. The van der Waals surface area contributed by atoms with E-state index in [-0.39, 0.29) is 0 Å². The van der Waals surface area contributed by atoms with E-state index in [9.17, 15) is 0 Å². The topological polar surface area (TPSA) is 27.3 Å². The lowest BCUT2D eigenvalue weighted by molar-refractivity contribution is 0.144. The van der Waals surface area contributed by atoms with Crippen LogP contribution in [0.4, 0.5) is 0 Å². The first-order chi connectivity index (χ1) is 8.13. The Morgan fingerprint density at radius 2 is 1.76 bits per heavy atom. The molecule has 0 aromatic heterocycles. The van der Waals surface area contributed by atoms with Crippen LogP contribution in [0.1, 0.15) is 33.6 Å². The van der Waals surface area contributed by atoms with Crippen molar-refractivity contribution in [3.05, 3.63) is 0 Å². The van der Waals surface area contributed by atoms with Gasteiger partial charge in [0.25, 0.3) is 0 Å². The van der Waals surface area contributed by atoms with E-state index in [1.807, 2.05) is 7.05 Å². The van der Waals surface area contributed by atoms with Gasteiger partial charge in [0, 0.05) is 12.6 Å². The van der Waals surface area contributed by atoms with E-state index < -0.39 is 0 Å². The SMILES string of the molecule is CNC[C@@H](C)CNCC(C)N1CCC(C)CC1. The first-order valence-corrected chi connectivity index (χ1v) is 7.22. The second-order valence-electron chi connectivity index (χ2n) is 5.89. The lowest BCUT2D eigenvalue weighted by atomic mass is 9.98. The van der Waals surface area contributed by atoms with Gasteiger partial charge in [0.15, 0.2) is 0 Å². The van der Waals surface area contributed by atoms with E-state index in [4.69, 9.17) is 0 Å². The minimum absolute atomic E-state index is 0.685. The van der Waals surface area contributed by atoms with Crippen molar-refractivity contribution in [3.63, 3.8) is 0 Å². The van der Waals surface area contributed by atoms with Gasteiger partial charge < -0.3 is 10.6 Å². The molecule has 1 unspecified atom stereocenters. The van der Waals surface area contributed by atoms with E-state index in [0.29, 0.717) is 12.0 Å². The quantitative estimate of drug-likeness (QED) is 0.708. The molecule has 0 aromatic carbocycles. The van der Waals surface area contributed by atoms with Gasteiger partial charge in [-0.15, -0.1) is 0 Å². The van der Waals surface area contributed by atoms with Crippen molar-refractivity contribution >= 4 is 0 Å². The molecule has 1 rings (SSSR count). The van der Waals surface area contributed by atoms with E-state index in [1.54, 1.807) is 0 Å². The largest absolute Gasteiger partial charge is 0.319 e. The molecule has 1 saturated heterocycles. The summed E-state index contributed by atoms with van der Waals surface area (Å²) in [5.74, 6) is 1.65. The Morgan fingerprint density at radius 3 is 2.35 bits per heavy atom. The number of hydrogen-bond acceptors (Lipinski definition) is 3. The maximum atomic E-state index is 3.60. The van der Waals surface area contributed by atoms with E-state index >= 15 is 0 Å². The Kier molecular flexibility index (Phi) is 7.09. The summed E-state index contributed by atoms with van der Waals surface area (Å²) in [7, 11) is 2.02. The van der Waals surface area contributed by atoms with Crippen LogP contribution in [0, 0.1) is 11.8 Å². The molecule has 0 bridgehead atoms. The van der Waals surface area contributed by atoms with Gasteiger partial charge in [0.2, 0.25) is 0 Å². The number of likely N-dealkylation sites (tertiary alicyclic amines) is 1. The first-order valence-electron chi connectivity index (χ1n) is 7.22. The molecule has 2 N–H and O–H groups in total. The molecule has 0 radical (unpaired) electrons. The molecule has 0 aliphatic carbocycles. The molecule has 3 nitrogen and oxygen atoms in total. The van der Waals surface area contributed by atoms with Crippen LogP contribution in [-0.4, -0.2) is 50.7 Å². The third kappa shape index (κ3) is 5.84. The van der Waals surface area contributed by atoms with Crippen LogP contribution in [-0.2, 0) is 0 Å². The Hall–Kier alpha value is -0.120. The van der Waals surface area contributed by atoms with E-state index in [0.717, 1.165) is 25.6 Å². The molecule has 1 fully saturated rings. The molecular formula is C14H31N3. The summed E-state index contributed by atoms with van der Waals surface area (Å²) in [6.07, 6.45) is 2.75. The van der Waals surface area contributed by atoms with Crippen molar-refractivity contribution in [1.29, 1.82) is 0 Å². The minimum atomic E-state index is 0.685. The molecule has 17 heavy (non-hydrogen) atoms. The Labute approximate surface area is 107 Å². The van der Waals surface area contributed by atoms with Crippen molar-refractivity contribution in [1.82, 2.24) is 15.5 Å². The number of nitrogens with one attached hydrogen (secondary N) is 2. The average Bonchev–Trinajstić information content (AvgIpc) is 2.30. The molecule has 1 heterocycles. The highest BCUT2D eigenvalue weighted by atomic mass is 15.2. The molecule has 2 atom stereocenters. The van der Waals surface area contributed by atoms with E-state index in [2.05, 4.69) is 36.3 Å². The van der Waals surface area contributed by atoms with Gasteiger partial charge in [-0.3, -0.25) is 4.90 Å². The fourth-order valence-corrected chi connectivity index (χ4v) is 2.56. The summed E-state index contributed by atoms with van der Waals surface area (Å²) >= 11 is 0. The zero-order valence-electron chi connectivity index (χ0n) is 12.1. The third-order valence-electron chi connectivity index (χ3n) is 3.93. The van der Waals surface area contributed by atoms with Crippen molar-refractivity contribution in [2.75, 3.05) is 39.8 Å². The maximum absolute atomic E-state index is 3.60. The van der Waals surface area contributed by atoms with Crippen LogP contribution in [0.3, 0.4) is 0 Å². The normalized spacial score (nSPS) is 22.6. The summed E-state index contributed by atoms with van der Waals surface area (Å²) in [6.45, 7) is 12.9. The summed E-state index contributed by atoms with van der Waals surface area (Å²) in [5, 5.41) is 6.82. The summed E-state index contributed by atoms with van der Waals surface area (Å²) in [6, 6.07) is 0.685. The van der Waals surface area contributed by atoms with Crippen LogP contribution >= 0.6 is 0 Å². The lowest BCUT2D eigenvalue weighted by Crippen LogP contribution is -2.45. The lowest BCUT2D eigenvalue weighted by Gasteiger charge is -2.35. The second kappa shape index (κ2) is 8.06. The van der Waals surface area contributed by atoms with Crippen molar-refractivity contribution < 1.29 is 0 Å². The van der Waals surface area contributed by atoms with Crippen LogP contribution in [0.2, 0.25) is 0 Å². The highest BCUT2D eigenvalue weighted by molar-refractivity contribution is 4.76. The molecule has 0 saturated carbocycles. The smallest absolute Gasteiger partial charge is 0.0192 e. The van der Waals surface area contributed by atoms with Gasteiger partial charge in [-0.1, -0.05) is 13.8 Å². The predicted molar refractivity (Wildman–Crippen MR) is 75.4 cm³/mol. The zero-order chi connectivity index (χ0) is 12.7. The van der Waals surface area contributed by atoms with Crippen LogP contribution in [0.25, 0.3) is 0 Å². The fourth-order valence-electron chi connectivity index (χ4n) is 2.56. The number of hydrogen-bond donors (Lipinski definition) is 2. The van der Waals surface area contributed by atoms with Crippen molar-refractivity contribution in [3.8, 4) is 0 Å². The van der Waals surface area contributed by atoms with Gasteiger partial charge in [-0.2, -0.15) is 0 Å². The molecule has 102 valence electrons. The highest BCUT2D eigenvalue weighted by Crippen LogP contribution is 2.17. The number of piperidine rings is 1. The first kappa shape index (κ1) is 14.9. The van der Waals surface area contributed by atoms with Gasteiger partial charge in [0.1, 0.15) is 0 Å². The maximum Gasteiger partial charge on any atom is 0.0192 e.